The van der Waals surface area contributed by atoms with Crippen LogP contribution in [0.5, 0.6) is 0 Å². The topological polar surface area (TPSA) is 0 Å². The zero-order valence-corrected chi connectivity index (χ0v) is 59.9. The summed E-state index contributed by atoms with van der Waals surface area (Å²) >= 11 is 0. The summed E-state index contributed by atoms with van der Waals surface area (Å²) in [5.74, 6) is 1.20. The highest BCUT2D eigenvalue weighted by atomic mass is 14.5. The summed E-state index contributed by atoms with van der Waals surface area (Å²) in [5, 5.41) is 8.63. The van der Waals surface area contributed by atoms with Crippen molar-refractivity contribution < 1.29 is 0 Å². The van der Waals surface area contributed by atoms with Gasteiger partial charge in [0.15, 0.2) is 0 Å². The Balaban J connectivity index is 1.05. The van der Waals surface area contributed by atoms with Crippen LogP contribution >= 0.6 is 0 Å². The summed E-state index contributed by atoms with van der Waals surface area (Å²) in [6.45, 7) is 36.4. The van der Waals surface area contributed by atoms with Gasteiger partial charge >= 0.3 is 0 Å². The van der Waals surface area contributed by atoms with Crippen LogP contribution in [-0.4, -0.2) is 0 Å². The molecule has 0 aliphatic heterocycles. The Morgan fingerprint density at radius 3 is 1.53 bits per heavy atom. The molecule has 0 N–H and O–H groups in total. The fourth-order valence-corrected chi connectivity index (χ4v) is 19.7. The van der Waals surface area contributed by atoms with Crippen LogP contribution in [0.25, 0.3) is 83.8 Å². The highest BCUT2D eigenvalue weighted by molar-refractivity contribution is 6.15. The van der Waals surface area contributed by atoms with Crippen LogP contribution in [0.3, 0.4) is 0 Å². The smallest absolute Gasteiger partial charge is 0.0159 e. The molecular weight excluding hydrogens is 1140 g/mol. The quantitative estimate of drug-likeness (QED) is 0.107. The number of benzene rings is 9. The lowest BCUT2D eigenvalue weighted by atomic mass is 9.68. The van der Waals surface area contributed by atoms with Crippen molar-refractivity contribution in [2.45, 2.75) is 215 Å². The van der Waals surface area contributed by atoms with Crippen LogP contribution in [0.4, 0.5) is 0 Å². The molecule has 0 heterocycles. The van der Waals surface area contributed by atoms with E-state index in [9.17, 15) is 0 Å². The summed E-state index contributed by atoms with van der Waals surface area (Å²) in [6.07, 6.45) is 29.1. The van der Waals surface area contributed by atoms with E-state index in [4.69, 9.17) is 0 Å². The molecule has 0 spiro atoms. The van der Waals surface area contributed by atoms with E-state index in [0.29, 0.717) is 11.8 Å². The molecule has 4 unspecified atom stereocenters. The zero-order valence-electron chi connectivity index (χ0n) is 59.9. The maximum Gasteiger partial charge on any atom is 0.0159 e. The molecule has 0 saturated heterocycles. The minimum Gasteiger partial charge on any atom is -0.0807 e. The minimum atomic E-state index is -0.130. The van der Waals surface area contributed by atoms with E-state index in [1.165, 1.54) is 160 Å². The van der Waals surface area contributed by atoms with Crippen LogP contribution in [0.15, 0.2) is 156 Å². The van der Waals surface area contributed by atoms with E-state index in [1.54, 1.807) is 33.4 Å². The molecule has 0 aromatic heterocycles. The summed E-state index contributed by atoms with van der Waals surface area (Å²) in [7, 11) is 0. The monoisotopic (exact) mass is 1240 g/mol. The lowest BCUT2D eigenvalue weighted by molar-refractivity contribution is 0.402. The number of hydrogen-bond acceptors (Lipinski definition) is 0. The number of allylic oxidation sites excluding steroid dienone is 8. The second-order valence-electron chi connectivity index (χ2n) is 31.7. The van der Waals surface area contributed by atoms with E-state index < -0.39 is 0 Å². The molecule has 480 valence electrons. The Kier molecular flexibility index (Phi) is 15.0. The van der Waals surface area contributed by atoms with E-state index in [-0.39, 0.29) is 28.1 Å². The molecule has 9 aromatic rings. The fourth-order valence-electron chi connectivity index (χ4n) is 19.7. The van der Waals surface area contributed by atoms with Crippen molar-refractivity contribution in [3.05, 3.63) is 261 Å². The van der Waals surface area contributed by atoms with Gasteiger partial charge in [-0.25, -0.2) is 0 Å². The number of rotatable bonds is 12. The average Bonchev–Trinajstić information content (AvgIpc) is 1.45. The van der Waals surface area contributed by atoms with Crippen molar-refractivity contribution in [3.63, 3.8) is 0 Å². The van der Waals surface area contributed by atoms with Gasteiger partial charge in [0.1, 0.15) is 0 Å². The number of fused-ring (bicyclic) bond motifs is 12. The number of aryl methyl sites for hydroxylation is 6. The van der Waals surface area contributed by atoms with Crippen LogP contribution in [0.2, 0.25) is 0 Å². The zero-order chi connectivity index (χ0) is 65.9. The van der Waals surface area contributed by atoms with Gasteiger partial charge in [-0.2, -0.15) is 0 Å². The third kappa shape index (κ3) is 9.46. The Morgan fingerprint density at radius 2 is 0.926 bits per heavy atom. The van der Waals surface area contributed by atoms with Crippen LogP contribution in [0, 0.1) is 11.8 Å². The first-order chi connectivity index (χ1) is 45.8. The maximum atomic E-state index is 2.81. The van der Waals surface area contributed by atoms with E-state index in [0.717, 1.165) is 83.5 Å². The molecule has 9 aromatic carbocycles. The molecule has 95 heavy (non-hydrogen) atoms. The van der Waals surface area contributed by atoms with Crippen molar-refractivity contribution in [1.82, 2.24) is 0 Å². The molecule has 4 atom stereocenters. The van der Waals surface area contributed by atoms with Crippen molar-refractivity contribution >= 4 is 39.3 Å². The van der Waals surface area contributed by atoms with Crippen LogP contribution < -0.4 is 10.4 Å². The third-order valence-electron chi connectivity index (χ3n) is 25.5. The standard InChI is InChI=1S/C95H100/c1-16-55-25-24-26-69-73(54(9)27-28-55)35-59(20-5)36-74(69)63-46-67-47-64(75-37-60(21-6)43-85-90(75)70-32-29-56(17-2)40-82(70)93(85,10)11)52-80-81-53-66(77-39-62(23-8)45-87-92(77)72-34-31-58(19-4)42-84(72)95(87,14)15)49-68-48-65(51-79(89(68)81)78(50-63)88(67)80)76-38-61(22-7)44-86-91(76)71-33-30-57(18-3)41-83(71)94(86,12)13/h24-25,28-44,46-51,54,64,66,87H,16-23,26-27,45,52-53H2,1-15H3. The molecule has 0 radical (unpaired) electrons. The molecule has 0 amide bonds. The van der Waals surface area contributed by atoms with Gasteiger partial charge in [-0.3, -0.25) is 0 Å². The molecule has 0 fully saturated rings. The molecule has 16 rings (SSSR count). The highest BCUT2D eigenvalue weighted by Gasteiger charge is 2.47. The predicted octanol–water partition coefficient (Wildman–Crippen LogP) is 23.4. The Bertz CT molecular complexity index is 5060. The predicted molar refractivity (Wildman–Crippen MR) is 409 cm³/mol. The number of hydrogen-bond donors (Lipinski definition) is 0. The van der Waals surface area contributed by atoms with Gasteiger partial charge in [0, 0.05) is 22.7 Å². The van der Waals surface area contributed by atoms with E-state index in [2.05, 4.69) is 256 Å². The van der Waals surface area contributed by atoms with Crippen LogP contribution in [-0.2, 0) is 74.0 Å². The van der Waals surface area contributed by atoms with Gasteiger partial charge in [0.05, 0.1) is 0 Å². The van der Waals surface area contributed by atoms with E-state index in [1.807, 2.05) is 0 Å². The fraction of sp³-hybridized carbons (Fsp3) is 0.368. The first-order valence-corrected chi connectivity index (χ1v) is 37.3. The SMILES string of the molecule is CCC1=CCC(C)c2cc(CC)cc(-c3cc4c5c(c6c7c(cc(-c8cc(CC)cc9c8-c8ccc(CC)cc8C9(C)C)cc7c5c3)=CC(C3=C5c7ccc(CC)cc7C(C)(C)C5CC(CC)=C3)C6)CC(c3cc(CC)cc5c3-c3ccc(CC)cc3C5(C)C)C=4)c2CC=C1. The lowest BCUT2D eigenvalue weighted by Crippen LogP contribution is -2.28. The lowest BCUT2D eigenvalue weighted by Gasteiger charge is -2.36. The van der Waals surface area contributed by atoms with E-state index >= 15 is 0 Å². The summed E-state index contributed by atoms with van der Waals surface area (Å²) in [6, 6.07) is 48.9. The Hall–Kier alpha value is -7.80. The second-order valence-corrected chi connectivity index (χ2v) is 31.7. The van der Waals surface area contributed by atoms with Gasteiger partial charge < -0.3 is 0 Å². The third-order valence-corrected chi connectivity index (χ3v) is 25.5. The van der Waals surface area contributed by atoms with Gasteiger partial charge in [0.25, 0.3) is 0 Å². The molecule has 0 saturated carbocycles. The molecule has 0 nitrogen and oxygen atoms in total. The van der Waals surface area contributed by atoms with Crippen LogP contribution in [0.1, 0.15) is 236 Å². The van der Waals surface area contributed by atoms with Gasteiger partial charge in [-0.1, -0.05) is 242 Å². The van der Waals surface area contributed by atoms with Gasteiger partial charge in [-0.15, -0.1) is 0 Å². The first-order valence-electron chi connectivity index (χ1n) is 37.3. The van der Waals surface area contributed by atoms with Crippen molar-refractivity contribution in [3.8, 4) is 44.5 Å². The first kappa shape index (κ1) is 62.0. The normalized spacial score (nSPS) is 20.3. The Morgan fingerprint density at radius 1 is 0.421 bits per heavy atom. The van der Waals surface area contributed by atoms with Crippen molar-refractivity contribution in [2.75, 3.05) is 0 Å². The molecule has 0 heteroatoms. The summed E-state index contributed by atoms with van der Waals surface area (Å²) in [5.41, 5.74) is 42.6. The molecule has 7 aliphatic rings. The van der Waals surface area contributed by atoms with Crippen molar-refractivity contribution in [1.29, 1.82) is 0 Å². The highest BCUT2D eigenvalue weighted by Crippen LogP contribution is 2.60. The largest absolute Gasteiger partial charge is 0.0807 e. The van der Waals surface area contributed by atoms with Gasteiger partial charge in [-0.05, 0) is 307 Å². The Labute approximate surface area is 568 Å². The average molecular weight is 1240 g/mol. The molecule has 0 bridgehead atoms. The summed E-state index contributed by atoms with van der Waals surface area (Å²) in [4.78, 5) is 0. The molecule has 7 aliphatic carbocycles. The molecular formula is C95H100. The maximum absolute atomic E-state index is 2.81. The van der Waals surface area contributed by atoms with Crippen molar-refractivity contribution in [2.24, 2.45) is 11.8 Å². The van der Waals surface area contributed by atoms with Gasteiger partial charge in [0.2, 0.25) is 0 Å². The minimum absolute atomic E-state index is 0.0235. The second kappa shape index (κ2) is 22.9. The summed E-state index contributed by atoms with van der Waals surface area (Å²) < 4.78 is 0.